The van der Waals surface area contributed by atoms with Crippen LogP contribution in [0.4, 0.5) is 0 Å². The zero-order chi connectivity index (χ0) is 22.7. The molecule has 0 aromatic rings. The van der Waals surface area contributed by atoms with Crippen molar-refractivity contribution in [3.05, 3.63) is 70.4 Å². The lowest BCUT2D eigenvalue weighted by atomic mass is 9.86. The van der Waals surface area contributed by atoms with Gasteiger partial charge in [-0.3, -0.25) is 0 Å². The molecule has 0 N–H and O–H groups in total. The van der Waals surface area contributed by atoms with Crippen LogP contribution in [-0.2, 0) is 0 Å². The number of allylic oxidation sites excluding steroid dienone is 11. The molecule has 0 fully saturated rings. The molecule has 1 unspecified atom stereocenters. The second kappa shape index (κ2) is 13.7. The highest BCUT2D eigenvalue weighted by Gasteiger charge is 2.12. The molecular weight excluding hydrogens is 360 g/mol. The summed E-state index contributed by atoms with van der Waals surface area (Å²) < 4.78 is 0. The van der Waals surface area contributed by atoms with E-state index in [1.165, 1.54) is 61.7 Å². The summed E-state index contributed by atoms with van der Waals surface area (Å²) in [6, 6.07) is 0. The summed E-state index contributed by atoms with van der Waals surface area (Å²) in [6.07, 6.45) is 20.3. The van der Waals surface area contributed by atoms with Crippen molar-refractivity contribution in [2.75, 3.05) is 0 Å². The van der Waals surface area contributed by atoms with Crippen LogP contribution < -0.4 is 0 Å². The van der Waals surface area contributed by atoms with Crippen LogP contribution in [0, 0.1) is 17.8 Å². The molecule has 0 heteroatoms. The molecule has 0 spiro atoms. The molecule has 0 nitrogen and oxygen atoms in total. The van der Waals surface area contributed by atoms with E-state index < -0.39 is 0 Å². The van der Waals surface area contributed by atoms with Gasteiger partial charge in [0.05, 0.1) is 0 Å². The van der Waals surface area contributed by atoms with E-state index in [0.29, 0.717) is 0 Å². The van der Waals surface area contributed by atoms with E-state index in [9.17, 15) is 0 Å². The van der Waals surface area contributed by atoms with E-state index in [4.69, 9.17) is 0 Å². The topological polar surface area (TPSA) is 0 Å². The van der Waals surface area contributed by atoms with Gasteiger partial charge in [0.2, 0.25) is 0 Å². The van der Waals surface area contributed by atoms with E-state index in [1.54, 1.807) is 16.7 Å². The Morgan fingerprint density at radius 1 is 0.767 bits per heavy atom. The van der Waals surface area contributed by atoms with Crippen molar-refractivity contribution in [1.29, 1.82) is 0 Å². The maximum Gasteiger partial charge on any atom is -0.0133 e. The largest absolute Gasteiger partial charge is 0.0998 e. The van der Waals surface area contributed by atoms with Gasteiger partial charge < -0.3 is 0 Å². The summed E-state index contributed by atoms with van der Waals surface area (Å²) >= 11 is 0. The molecule has 0 bridgehead atoms. The van der Waals surface area contributed by atoms with Gasteiger partial charge in [-0.2, -0.15) is 0 Å². The average Bonchev–Trinajstić information content (AvgIpc) is 2.70. The Bertz CT molecular complexity index is 700. The minimum Gasteiger partial charge on any atom is -0.0998 e. The van der Waals surface area contributed by atoms with E-state index in [2.05, 4.69) is 92.3 Å². The SMILES string of the molecule is C=C(C)C1CC=C(C)CC1.CC1=CC=C(C(C)C)CC1.CC1=CCC(C(C)C)=CC1. The molecule has 0 aliphatic heterocycles. The zero-order valence-electron chi connectivity index (χ0n) is 21.3. The Balaban J connectivity index is 0.000000225. The van der Waals surface area contributed by atoms with Gasteiger partial charge in [0, 0.05) is 0 Å². The highest BCUT2D eigenvalue weighted by molar-refractivity contribution is 5.23. The van der Waals surface area contributed by atoms with Crippen LogP contribution in [0.15, 0.2) is 70.4 Å². The Hall–Kier alpha value is -1.56. The van der Waals surface area contributed by atoms with Gasteiger partial charge in [0.1, 0.15) is 0 Å². The number of rotatable bonds is 3. The van der Waals surface area contributed by atoms with Crippen molar-refractivity contribution in [3.8, 4) is 0 Å². The van der Waals surface area contributed by atoms with Crippen molar-refractivity contribution in [2.45, 2.75) is 100 Å². The maximum atomic E-state index is 3.97. The molecule has 0 saturated heterocycles. The molecule has 0 radical (unpaired) electrons. The molecule has 30 heavy (non-hydrogen) atoms. The zero-order valence-corrected chi connectivity index (χ0v) is 21.3. The van der Waals surface area contributed by atoms with Crippen molar-refractivity contribution in [3.63, 3.8) is 0 Å². The monoisotopic (exact) mass is 408 g/mol. The van der Waals surface area contributed by atoms with Crippen LogP contribution in [-0.4, -0.2) is 0 Å². The van der Waals surface area contributed by atoms with Crippen LogP contribution in [0.1, 0.15) is 100 Å². The van der Waals surface area contributed by atoms with Crippen molar-refractivity contribution in [1.82, 2.24) is 0 Å². The minimum atomic E-state index is 0.740. The van der Waals surface area contributed by atoms with Crippen LogP contribution in [0.2, 0.25) is 0 Å². The lowest BCUT2D eigenvalue weighted by Gasteiger charge is -2.19. The first-order valence-electron chi connectivity index (χ1n) is 12.1. The minimum absolute atomic E-state index is 0.740. The molecule has 3 aliphatic carbocycles. The molecule has 0 heterocycles. The van der Waals surface area contributed by atoms with Crippen LogP contribution in [0.3, 0.4) is 0 Å². The molecule has 3 aliphatic rings. The molecule has 168 valence electrons. The normalized spacial score (nSPS) is 21.1. The third kappa shape index (κ3) is 10.5. The van der Waals surface area contributed by atoms with Gasteiger partial charge >= 0.3 is 0 Å². The summed E-state index contributed by atoms with van der Waals surface area (Å²) in [7, 11) is 0. The predicted molar refractivity (Wildman–Crippen MR) is 138 cm³/mol. The number of hydrogen-bond acceptors (Lipinski definition) is 0. The van der Waals surface area contributed by atoms with E-state index in [0.717, 1.165) is 17.8 Å². The highest BCUT2D eigenvalue weighted by atomic mass is 14.2. The molecular formula is C30H48. The fourth-order valence-corrected chi connectivity index (χ4v) is 3.87. The Morgan fingerprint density at radius 3 is 1.83 bits per heavy atom. The predicted octanol–water partition coefficient (Wildman–Crippen LogP) is 9.93. The van der Waals surface area contributed by atoms with Crippen LogP contribution in [0.25, 0.3) is 0 Å². The van der Waals surface area contributed by atoms with E-state index >= 15 is 0 Å². The fourth-order valence-electron chi connectivity index (χ4n) is 3.87. The van der Waals surface area contributed by atoms with Crippen molar-refractivity contribution < 1.29 is 0 Å². The molecule has 0 saturated carbocycles. The standard InChI is InChI=1S/3C10H16/c3*1-8(2)10-6-4-9(3)5-7-10/h4,7-8H,5-6H2,1-3H3;4,6,8H,5,7H2,1-3H3;4,10H,1,5-7H2,2-3H3. The van der Waals surface area contributed by atoms with Crippen molar-refractivity contribution in [2.24, 2.45) is 17.8 Å². The molecule has 1 atom stereocenters. The molecule has 3 rings (SSSR count). The van der Waals surface area contributed by atoms with Gasteiger partial charge in [-0.15, -0.1) is 0 Å². The number of hydrogen-bond donors (Lipinski definition) is 0. The average molecular weight is 409 g/mol. The van der Waals surface area contributed by atoms with Crippen LogP contribution in [0.5, 0.6) is 0 Å². The second-order valence-corrected chi connectivity index (χ2v) is 10.2. The first-order chi connectivity index (χ1) is 14.1. The lowest BCUT2D eigenvalue weighted by molar-refractivity contribution is 0.540. The van der Waals surface area contributed by atoms with E-state index in [1.807, 2.05) is 0 Å². The molecule has 0 amide bonds. The van der Waals surface area contributed by atoms with E-state index in [-0.39, 0.29) is 0 Å². The fraction of sp³-hybridized carbons (Fsp3) is 0.600. The van der Waals surface area contributed by atoms with Gasteiger partial charge in [0.15, 0.2) is 0 Å². The molecule has 0 aromatic carbocycles. The summed E-state index contributed by atoms with van der Waals surface area (Å²) in [6.45, 7) is 21.8. The Kier molecular flexibility index (Phi) is 12.1. The summed E-state index contributed by atoms with van der Waals surface area (Å²) in [5.74, 6) is 2.25. The maximum absolute atomic E-state index is 3.97. The Morgan fingerprint density at radius 2 is 1.43 bits per heavy atom. The Labute approximate surface area is 188 Å². The smallest absolute Gasteiger partial charge is 0.0133 e. The van der Waals surface area contributed by atoms with Crippen LogP contribution >= 0.6 is 0 Å². The van der Waals surface area contributed by atoms with Gasteiger partial charge in [0.25, 0.3) is 0 Å². The third-order valence-corrected chi connectivity index (χ3v) is 6.58. The summed E-state index contributed by atoms with van der Waals surface area (Å²) in [4.78, 5) is 0. The van der Waals surface area contributed by atoms with Gasteiger partial charge in [-0.05, 0) is 90.4 Å². The van der Waals surface area contributed by atoms with Crippen molar-refractivity contribution >= 4 is 0 Å². The highest BCUT2D eigenvalue weighted by Crippen LogP contribution is 2.27. The quantitative estimate of drug-likeness (QED) is 0.407. The molecule has 0 aromatic heterocycles. The lowest BCUT2D eigenvalue weighted by Crippen LogP contribution is -2.04. The summed E-state index contributed by atoms with van der Waals surface area (Å²) in [5.41, 5.74) is 9.14. The first-order valence-corrected chi connectivity index (χ1v) is 12.1. The third-order valence-electron chi connectivity index (χ3n) is 6.58. The summed E-state index contributed by atoms with van der Waals surface area (Å²) in [5, 5.41) is 0. The van der Waals surface area contributed by atoms with Gasteiger partial charge in [-0.1, -0.05) is 98.1 Å². The second-order valence-electron chi connectivity index (χ2n) is 10.2. The van der Waals surface area contributed by atoms with Gasteiger partial charge in [-0.25, -0.2) is 0 Å². The first kappa shape index (κ1) is 26.5.